The highest BCUT2D eigenvalue weighted by Gasteiger charge is 2.16. The lowest BCUT2D eigenvalue weighted by Crippen LogP contribution is -2.35. The zero-order valence-electron chi connectivity index (χ0n) is 11.3. The van der Waals surface area contributed by atoms with Gasteiger partial charge < -0.3 is 19.5 Å². The third kappa shape index (κ3) is 3.40. The molecule has 1 N–H and O–H groups in total. The fourth-order valence-corrected chi connectivity index (χ4v) is 2.05. The van der Waals surface area contributed by atoms with Gasteiger partial charge in [0.05, 0.1) is 0 Å². The van der Waals surface area contributed by atoms with E-state index in [0.29, 0.717) is 24.5 Å². The van der Waals surface area contributed by atoms with E-state index in [-0.39, 0.29) is 25.7 Å². The number of hydrogen-bond donors (Lipinski definition) is 1. The lowest BCUT2D eigenvalue weighted by molar-refractivity contribution is -0.144. The number of benzene rings is 1. The summed E-state index contributed by atoms with van der Waals surface area (Å²) in [4.78, 5) is 23.9. The van der Waals surface area contributed by atoms with Gasteiger partial charge in [-0.05, 0) is 31.0 Å². The van der Waals surface area contributed by atoms with E-state index in [9.17, 15) is 9.59 Å². The van der Waals surface area contributed by atoms with Crippen molar-refractivity contribution in [1.82, 2.24) is 4.90 Å². The maximum absolute atomic E-state index is 11.9. The number of carbonyl (C=O) groups excluding carboxylic acids is 1. The second-order valence-corrected chi connectivity index (χ2v) is 4.49. The number of carbonyl (C=O) groups is 2. The number of aliphatic carboxylic acids is 1. The van der Waals surface area contributed by atoms with E-state index >= 15 is 0 Å². The molecule has 0 aromatic heterocycles. The van der Waals surface area contributed by atoms with Gasteiger partial charge >= 0.3 is 5.97 Å². The normalized spacial score (nSPS) is 12.2. The molecule has 1 aliphatic rings. The third-order valence-corrected chi connectivity index (χ3v) is 3.13. The summed E-state index contributed by atoms with van der Waals surface area (Å²) in [7, 11) is 0. The van der Waals surface area contributed by atoms with Crippen LogP contribution >= 0.6 is 0 Å². The second-order valence-electron chi connectivity index (χ2n) is 4.49. The largest absolute Gasteiger partial charge is 0.480 e. The zero-order valence-corrected chi connectivity index (χ0v) is 11.3. The predicted molar refractivity (Wildman–Crippen MR) is 70.8 cm³/mol. The maximum atomic E-state index is 11.9. The molecule has 0 bridgehead atoms. The van der Waals surface area contributed by atoms with Crippen molar-refractivity contribution in [3.63, 3.8) is 0 Å². The smallest absolute Gasteiger partial charge is 0.323 e. The van der Waals surface area contributed by atoms with E-state index in [4.69, 9.17) is 14.6 Å². The van der Waals surface area contributed by atoms with Gasteiger partial charge in [0, 0.05) is 13.0 Å². The molecule has 6 nitrogen and oxygen atoms in total. The van der Waals surface area contributed by atoms with Crippen molar-refractivity contribution in [1.29, 1.82) is 0 Å². The van der Waals surface area contributed by atoms with Crippen LogP contribution in [0.3, 0.4) is 0 Å². The van der Waals surface area contributed by atoms with Crippen molar-refractivity contribution in [3.05, 3.63) is 23.8 Å². The molecular formula is C14H17NO5. The average Bonchev–Trinajstić information content (AvgIpc) is 2.89. The molecule has 0 spiro atoms. The van der Waals surface area contributed by atoms with Gasteiger partial charge in [-0.3, -0.25) is 9.59 Å². The van der Waals surface area contributed by atoms with Gasteiger partial charge in [0.15, 0.2) is 11.5 Å². The van der Waals surface area contributed by atoms with E-state index in [1.54, 1.807) is 6.92 Å². The average molecular weight is 279 g/mol. The number of likely N-dealkylation sites (N-methyl/N-ethyl adjacent to an activating group) is 1. The Hall–Kier alpha value is -2.24. The molecule has 20 heavy (non-hydrogen) atoms. The van der Waals surface area contributed by atoms with Crippen molar-refractivity contribution >= 4 is 11.9 Å². The quantitative estimate of drug-likeness (QED) is 0.849. The van der Waals surface area contributed by atoms with E-state index in [1.807, 2.05) is 18.2 Å². The lowest BCUT2D eigenvalue weighted by atomic mass is 10.1. The Morgan fingerprint density at radius 1 is 1.30 bits per heavy atom. The maximum Gasteiger partial charge on any atom is 0.323 e. The molecule has 0 aliphatic carbocycles. The topological polar surface area (TPSA) is 76.1 Å². The minimum Gasteiger partial charge on any atom is -0.480 e. The number of fused-ring (bicyclic) bond motifs is 1. The Bertz CT molecular complexity index is 514. The van der Waals surface area contributed by atoms with Crippen molar-refractivity contribution in [2.75, 3.05) is 19.9 Å². The Kier molecular flexibility index (Phi) is 4.45. The fraction of sp³-hybridized carbons (Fsp3) is 0.429. The summed E-state index contributed by atoms with van der Waals surface area (Å²) in [6.45, 7) is 2.13. The summed E-state index contributed by atoms with van der Waals surface area (Å²) in [6.07, 6.45) is 0.826. The standard InChI is InChI=1S/C14H17NO5/c1-2-15(8-14(17)18)13(16)6-4-10-3-5-11-12(7-10)20-9-19-11/h3,5,7H,2,4,6,8-9H2,1H3,(H,17,18). The van der Waals surface area contributed by atoms with E-state index in [0.717, 1.165) is 5.56 Å². The number of carboxylic acid groups (broad SMARTS) is 1. The Morgan fingerprint density at radius 2 is 2.05 bits per heavy atom. The summed E-state index contributed by atoms with van der Waals surface area (Å²) in [5.41, 5.74) is 0.967. The van der Waals surface area contributed by atoms with Crippen LogP contribution in [-0.2, 0) is 16.0 Å². The number of nitrogens with zero attached hydrogens (tertiary/aromatic N) is 1. The van der Waals surface area contributed by atoms with E-state index in [2.05, 4.69) is 0 Å². The lowest BCUT2D eigenvalue weighted by Gasteiger charge is -2.18. The van der Waals surface area contributed by atoms with E-state index < -0.39 is 5.97 Å². The molecule has 2 rings (SSSR count). The molecule has 0 saturated heterocycles. The number of rotatable bonds is 6. The van der Waals surface area contributed by atoms with Gasteiger partial charge in [-0.2, -0.15) is 0 Å². The minimum atomic E-state index is -0.997. The van der Waals surface area contributed by atoms with Crippen LogP contribution in [0.4, 0.5) is 0 Å². The summed E-state index contributed by atoms with van der Waals surface area (Å²) >= 11 is 0. The van der Waals surface area contributed by atoms with Crippen molar-refractivity contribution < 1.29 is 24.2 Å². The number of amides is 1. The van der Waals surface area contributed by atoms with Gasteiger partial charge in [0.1, 0.15) is 6.54 Å². The highest BCUT2D eigenvalue weighted by Crippen LogP contribution is 2.32. The molecule has 0 unspecified atom stereocenters. The summed E-state index contributed by atoms with van der Waals surface area (Å²) in [5.74, 6) is 0.241. The van der Waals surface area contributed by atoms with Crippen molar-refractivity contribution in [2.24, 2.45) is 0 Å². The molecule has 1 heterocycles. The van der Waals surface area contributed by atoms with Gasteiger partial charge in [0.2, 0.25) is 12.7 Å². The third-order valence-electron chi connectivity index (χ3n) is 3.13. The molecule has 0 radical (unpaired) electrons. The summed E-state index contributed by atoms with van der Waals surface area (Å²) in [5, 5.41) is 8.73. The molecule has 1 aromatic carbocycles. The Morgan fingerprint density at radius 3 is 2.75 bits per heavy atom. The van der Waals surface area contributed by atoms with Gasteiger partial charge in [-0.25, -0.2) is 0 Å². The SMILES string of the molecule is CCN(CC(=O)O)C(=O)CCc1ccc2c(c1)OCO2. The van der Waals surface area contributed by atoms with Crippen LogP contribution in [0.15, 0.2) is 18.2 Å². The van der Waals surface area contributed by atoms with Crippen molar-refractivity contribution in [3.8, 4) is 11.5 Å². The first-order valence-corrected chi connectivity index (χ1v) is 6.48. The van der Waals surface area contributed by atoms with Crippen LogP contribution in [0.1, 0.15) is 18.9 Å². The second kappa shape index (κ2) is 6.27. The van der Waals surface area contributed by atoms with E-state index in [1.165, 1.54) is 4.90 Å². The molecule has 0 fully saturated rings. The molecular weight excluding hydrogens is 262 g/mol. The molecule has 6 heteroatoms. The monoisotopic (exact) mass is 279 g/mol. The fourth-order valence-electron chi connectivity index (χ4n) is 2.05. The molecule has 0 saturated carbocycles. The van der Waals surface area contributed by atoms with Gasteiger partial charge in [-0.1, -0.05) is 6.07 Å². The predicted octanol–water partition coefficient (Wildman–Crippen LogP) is 1.28. The first kappa shape index (κ1) is 14.2. The van der Waals surface area contributed by atoms with Crippen LogP contribution in [0.2, 0.25) is 0 Å². The molecule has 1 aromatic rings. The van der Waals surface area contributed by atoms with Crippen molar-refractivity contribution in [2.45, 2.75) is 19.8 Å². The molecule has 0 atom stereocenters. The zero-order chi connectivity index (χ0) is 14.5. The highest BCUT2D eigenvalue weighted by molar-refractivity contribution is 5.81. The molecule has 1 aliphatic heterocycles. The molecule has 1 amide bonds. The minimum absolute atomic E-state index is 0.160. The highest BCUT2D eigenvalue weighted by atomic mass is 16.7. The van der Waals surface area contributed by atoms with Gasteiger partial charge in [-0.15, -0.1) is 0 Å². The summed E-state index contributed by atoms with van der Waals surface area (Å²) < 4.78 is 10.5. The van der Waals surface area contributed by atoms with Gasteiger partial charge in [0.25, 0.3) is 0 Å². The van der Waals surface area contributed by atoms with Crippen LogP contribution < -0.4 is 9.47 Å². The Labute approximate surface area is 116 Å². The van der Waals surface area contributed by atoms with Crippen LogP contribution in [0.5, 0.6) is 11.5 Å². The number of ether oxygens (including phenoxy) is 2. The van der Waals surface area contributed by atoms with Crippen LogP contribution in [0.25, 0.3) is 0 Å². The molecule has 108 valence electrons. The number of aryl methyl sites for hydroxylation is 1. The first-order valence-electron chi connectivity index (χ1n) is 6.48. The Balaban J connectivity index is 1.91. The number of carboxylic acids is 1. The van der Waals surface area contributed by atoms with Crippen LogP contribution in [-0.4, -0.2) is 41.8 Å². The summed E-state index contributed by atoms with van der Waals surface area (Å²) in [6, 6.07) is 5.55. The number of hydrogen-bond acceptors (Lipinski definition) is 4. The first-order chi connectivity index (χ1) is 9.60. The van der Waals surface area contributed by atoms with Crippen LogP contribution in [0, 0.1) is 0 Å².